The maximum atomic E-state index is 11.4. The van der Waals surface area contributed by atoms with Crippen LogP contribution < -0.4 is 0 Å². The highest BCUT2D eigenvalue weighted by Gasteiger charge is 2.23. The highest BCUT2D eigenvalue weighted by Crippen LogP contribution is 2.27. The summed E-state index contributed by atoms with van der Waals surface area (Å²) in [6.45, 7) is 0. The summed E-state index contributed by atoms with van der Waals surface area (Å²) in [5.74, 6) is -1.57. The van der Waals surface area contributed by atoms with E-state index in [-0.39, 0.29) is 11.6 Å². The summed E-state index contributed by atoms with van der Waals surface area (Å²) in [5, 5.41) is 9.66. The average molecular weight is 342 g/mol. The van der Waals surface area contributed by atoms with Gasteiger partial charge in [0.1, 0.15) is 5.15 Å². The Morgan fingerprint density at radius 1 is 1.32 bits per heavy atom. The van der Waals surface area contributed by atoms with Gasteiger partial charge in [-0.2, -0.15) is 0 Å². The van der Waals surface area contributed by atoms with E-state index in [1.54, 1.807) is 6.07 Å². The molecular weight excluding hydrogens is 332 g/mol. The molecule has 0 spiro atoms. The van der Waals surface area contributed by atoms with Gasteiger partial charge in [-0.1, -0.05) is 45.7 Å². The third-order valence-corrected chi connectivity index (χ3v) is 3.58. The lowest BCUT2D eigenvalue weighted by Gasteiger charge is -2.13. The molecule has 2 rings (SSSR count). The van der Waals surface area contributed by atoms with Gasteiger partial charge in [0.05, 0.1) is 24.0 Å². The van der Waals surface area contributed by atoms with E-state index in [4.69, 9.17) is 11.6 Å². The van der Waals surface area contributed by atoms with Crippen molar-refractivity contribution < 1.29 is 9.90 Å². The second-order valence-corrected chi connectivity index (χ2v) is 5.19. The Bertz CT molecular complexity index is 589. The summed E-state index contributed by atoms with van der Waals surface area (Å²) in [4.78, 5) is 19.4. The smallest absolute Gasteiger partial charge is 0.311 e. The van der Waals surface area contributed by atoms with Crippen molar-refractivity contribution in [1.82, 2.24) is 9.97 Å². The zero-order chi connectivity index (χ0) is 13.8. The Morgan fingerprint density at radius 3 is 2.63 bits per heavy atom. The third kappa shape index (κ3) is 3.52. The number of carboxylic acid groups (broad SMARTS) is 1. The van der Waals surface area contributed by atoms with Crippen LogP contribution in [0.2, 0.25) is 5.15 Å². The molecule has 0 amide bonds. The van der Waals surface area contributed by atoms with Gasteiger partial charge in [0.2, 0.25) is 0 Å². The fourth-order valence-corrected chi connectivity index (χ4v) is 2.40. The molecule has 4 nitrogen and oxygen atoms in total. The van der Waals surface area contributed by atoms with Gasteiger partial charge in [-0.15, -0.1) is 0 Å². The summed E-state index contributed by atoms with van der Waals surface area (Å²) in [5.41, 5.74) is 1.30. The Balaban J connectivity index is 2.29. The molecule has 0 aliphatic rings. The zero-order valence-corrected chi connectivity index (χ0v) is 12.1. The lowest BCUT2D eigenvalue weighted by Crippen LogP contribution is -2.15. The first-order valence-electron chi connectivity index (χ1n) is 5.51. The standard InChI is InChI=1S/C13H10BrClN2O2/c14-11-4-2-1-3-9(11)10(13(18)19)5-8-6-17-12(15)7-16-8/h1-4,6-7,10H,5H2,(H,18,19). The maximum Gasteiger partial charge on any atom is 0.311 e. The molecule has 0 bridgehead atoms. The van der Waals surface area contributed by atoms with Gasteiger partial charge in [-0.25, -0.2) is 4.98 Å². The number of aromatic nitrogens is 2. The molecular formula is C13H10BrClN2O2. The highest BCUT2D eigenvalue weighted by atomic mass is 79.9. The molecule has 1 N–H and O–H groups in total. The number of hydrogen-bond donors (Lipinski definition) is 1. The van der Waals surface area contributed by atoms with Crippen LogP contribution in [0.3, 0.4) is 0 Å². The van der Waals surface area contributed by atoms with Crippen molar-refractivity contribution >= 4 is 33.5 Å². The topological polar surface area (TPSA) is 63.1 Å². The zero-order valence-electron chi connectivity index (χ0n) is 9.75. The van der Waals surface area contributed by atoms with E-state index < -0.39 is 11.9 Å². The minimum absolute atomic E-state index is 0.266. The molecule has 1 unspecified atom stereocenters. The number of carboxylic acids is 1. The fourth-order valence-electron chi connectivity index (χ4n) is 1.74. The molecule has 6 heteroatoms. The molecule has 1 aromatic carbocycles. The molecule has 98 valence electrons. The molecule has 1 aromatic heterocycles. The van der Waals surface area contributed by atoms with Gasteiger partial charge in [0.25, 0.3) is 0 Å². The van der Waals surface area contributed by atoms with E-state index in [2.05, 4.69) is 25.9 Å². The van der Waals surface area contributed by atoms with Crippen molar-refractivity contribution in [1.29, 1.82) is 0 Å². The first kappa shape index (κ1) is 14.0. The molecule has 1 atom stereocenters. The molecule has 1 heterocycles. The Labute approximate surface area is 123 Å². The van der Waals surface area contributed by atoms with Gasteiger partial charge in [-0.05, 0) is 11.6 Å². The minimum Gasteiger partial charge on any atom is -0.481 e. The molecule has 0 radical (unpaired) electrons. The van der Waals surface area contributed by atoms with Crippen molar-refractivity contribution in [3.05, 3.63) is 57.5 Å². The molecule has 0 fully saturated rings. The Hall–Kier alpha value is -1.46. The van der Waals surface area contributed by atoms with E-state index in [0.29, 0.717) is 11.3 Å². The molecule has 2 aromatic rings. The van der Waals surface area contributed by atoms with Gasteiger partial charge < -0.3 is 5.11 Å². The van der Waals surface area contributed by atoms with Crippen molar-refractivity contribution in [3.63, 3.8) is 0 Å². The van der Waals surface area contributed by atoms with Crippen LogP contribution >= 0.6 is 27.5 Å². The second kappa shape index (κ2) is 6.12. The van der Waals surface area contributed by atoms with Crippen LogP contribution in [0, 0.1) is 0 Å². The Kier molecular flexibility index (Phi) is 4.50. The molecule has 0 saturated carbocycles. The van der Waals surface area contributed by atoms with Gasteiger partial charge in [0, 0.05) is 10.9 Å². The first-order valence-corrected chi connectivity index (χ1v) is 6.68. The van der Waals surface area contributed by atoms with E-state index in [9.17, 15) is 9.90 Å². The summed E-state index contributed by atoms with van der Waals surface area (Å²) in [6, 6.07) is 7.25. The van der Waals surface area contributed by atoms with Crippen LogP contribution in [0.25, 0.3) is 0 Å². The van der Waals surface area contributed by atoms with Gasteiger partial charge >= 0.3 is 5.97 Å². The normalized spacial score (nSPS) is 12.1. The molecule has 19 heavy (non-hydrogen) atoms. The quantitative estimate of drug-likeness (QED) is 0.927. The highest BCUT2D eigenvalue weighted by molar-refractivity contribution is 9.10. The van der Waals surface area contributed by atoms with Crippen LogP contribution in [0.5, 0.6) is 0 Å². The number of rotatable bonds is 4. The summed E-state index contributed by atoms with van der Waals surface area (Å²) >= 11 is 9.03. The summed E-state index contributed by atoms with van der Waals surface area (Å²) in [7, 11) is 0. The lowest BCUT2D eigenvalue weighted by atomic mass is 9.94. The fraction of sp³-hybridized carbons (Fsp3) is 0.154. The predicted octanol–water partition coefficient (Wildman–Crippen LogP) is 3.30. The third-order valence-electron chi connectivity index (χ3n) is 2.67. The number of carbonyl (C=O) groups is 1. The minimum atomic E-state index is -0.899. The van der Waals surface area contributed by atoms with E-state index in [1.165, 1.54) is 12.4 Å². The van der Waals surface area contributed by atoms with Crippen LogP contribution in [0.15, 0.2) is 41.1 Å². The van der Waals surface area contributed by atoms with Crippen molar-refractivity contribution in [2.45, 2.75) is 12.3 Å². The van der Waals surface area contributed by atoms with Crippen LogP contribution in [-0.2, 0) is 11.2 Å². The van der Waals surface area contributed by atoms with Gasteiger partial charge in [-0.3, -0.25) is 9.78 Å². The number of hydrogen-bond acceptors (Lipinski definition) is 3. The SMILES string of the molecule is O=C(O)C(Cc1cnc(Cl)cn1)c1ccccc1Br. The number of nitrogens with zero attached hydrogens (tertiary/aromatic N) is 2. The number of benzene rings is 1. The van der Waals surface area contributed by atoms with Crippen molar-refractivity contribution in [3.8, 4) is 0 Å². The lowest BCUT2D eigenvalue weighted by molar-refractivity contribution is -0.138. The molecule has 0 aliphatic heterocycles. The van der Waals surface area contributed by atoms with E-state index in [1.807, 2.05) is 18.2 Å². The largest absolute Gasteiger partial charge is 0.481 e. The van der Waals surface area contributed by atoms with E-state index in [0.717, 1.165) is 4.47 Å². The van der Waals surface area contributed by atoms with Crippen LogP contribution in [-0.4, -0.2) is 21.0 Å². The predicted molar refractivity (Wildman–Crippen MR) is 75.3 cm³/mol. The van der Waals surface area contributed by atoms with Crippen LogP contribution in [0.1, 0.15) is 17.2 Å². The summed E-state index contributed by atoms with van der Waals surface area (Å²) < 4.78 is 0.768. The molecule has 0 saturated heterocycles. The van der Waals surface area contributed by atoms with E-state index >= 15 is 0 Å². The Morgan fingerprint density at radius 2 is 2.05 bits per heavy atom. The number of halogens is 2. The monoisotopic (exact) mass is 340 g/mol. The van der Waals surface area contributed by atoms with Crippen molar-refractivity contribution in [2.24, 2.45) is 0 Å². The average Bonchev–Trinajstić information content (AvgIpc) is 2.39. The molecule has 0 aliphatic carbocycles. The summed E-state index contributed by atoms with van der Waals surface area (Å²) in [6.07, 6.45) is 3.17. The second-order valence-electron chi connectivity index (χ2n) is 3.95. The first-order chi connectivity index (χ1) is 9.08. The van der Waals surface area contributed by atoms with Crippen LogP contribution in [0.4, 0.5) is 0 Å². The number of aliphatic carboxylic acids is 1. The van der Waals surface area contributed by atoms with Crippen molar-refractivity contribution in [2.75, 3.05) is 0 Å². The van der Waals surface area contributed by atoms with Gasteiger partial charge in [0.15, 0.2) is 0 Å². The maximum absolute atomic E-state index is 11.4.